The van der Waals surface area contributed by atoms with Gasteiger partial charge in [0.1, 0.15) is 17.3 Å². The van der Waals surface area contributed by atoms with E-state index in [1.54, 1.807) is 0 Å². The quantitative estimate of drug-likeness (QED) is 0.393. The summed E-state index contributed by atoms with van der Waals surface area (Å²) in [6.07, 6.45) is -3.61. The highest BCUT2D eigenvalue weighted by molar-refractivity contribution is 5.70. The Morgan fingerprint density at radius 2 is 1.85 bits per heavy atom. The van der Waals surface area contributed by atoms with Crippen LogP contribution in [0.5, 0.6) is 17.4 Å². The fourth-order valence-electron chi connectivity index (χ4n) is 2.91. The third-order valence-corrected chi connectivity index (χ3v) is 4.61. The van der Waals surface area contributed by atoms with E-state index in [9.17, 15) is 31.9 Å². The molecular weight excluding hydrogens is 466 g/mol. The van der Waals surface area contributed by atoms with E-state index in [0.29, 0.717) is 0 Å². The third-order valence-electron chi connectivity index (χ3n) is 4.61. The van der Waals surface area contributed by atoms with Gasteiger partial charge < -0.3 is 14.2 Å². The van der Waals surface area contributed by atoms with Crippen molar-refractivity contribution in [3.63, 3.8) is 0 Å². The van der Waals surface area contributed by atoms with Crippen molar-refractivity contribution in [2.75, 3.05) is 13.7 Å². The Kier molecular flexibility index (Phi) is 6.75. The van der Waals surface area contributed by atoms with E-state index in [1.165, 1.54) is 32.4 Å². The van der Waals surface area contributed by atoms with Crippen molar-refractivity contribution in [2.24, 2.45) is 7.05 Å². The van der Waals surface area contributed by atoms with Crippen LogP contribution in [-0.2, 0) is 22.8 Å². The zero-order chi connectivity index (χ0) is 25.2. The molecule has 0 saturated heterocycles. The van der Waals surface area contributed by atoms with Gasteiger partial charge in [0.25, 0.3) is 11.4 Å². The van der Waals surface area contributed by atoms with Crippen LogP contribution in [0, 0.1) is 12.7 Å². The number of methoxy groups -OCH3 is 1. The SMILES string of the molecule is COC(=O)COc1ncccc1Oc1cc(-n2c(=O)cc(C(F)(F)F)n(C)c2=O)c(F)cc1C. The van der Waals surface area contributed by atoms with Crippen LogP contribution in [0.3, 0.4) is 0 Å². The molecule has 0 fully saturated rings. The summed E-state index contributed by atoms with van der Waals surface area (Å²) < 4.78 is 69.9. The van der Waals surface area contributed by atoms with E-state index in [0.717, 1.165) is 19.2 Å². The highest BCUT2D eigenvalue weighted by Gasteiger charge is 2.35. The molecule has 0 N–H and O–H groups in total. The number of alkyl halides is 3. The Balaban J connectivity index is 2.08. The van der Waals surface area contributed by atoms with Crippen molar-refractivity contribution in [2.45, 2.75) is 13.1 Å². The summed E-state index contributed by atoms with van der Waals surface area (Å²) in [5, 5.41) is 0. The number of rotatable bonds is 6. The molecule has 0 radical (unpaired) electrons. The number of halogens is 4. The fraction of sp³-hybridized carbons (Fsp3) is 0.238. The minimum absolute atomic E-state index is 0.000250. The number of hydrogen-bond donors (Lipinski definition) is 0. The van der Waals surface area contributed by atoms with E-state index in [2.05, 4.69) is 9.72 Å². The van der Waals surface area contributed by atoms with Crippen molar-refractivity contribution < 1.29 is 36.6 Å². The average Bonchev–Trinajstić information content (AvgIpc) is 2.77. The molecule has 0 atom stereocenters. The van der Waals surface area contributed by atoms with Crippen LogP contribution in [0.25, 0.3) is 5.69 Å². The molecule has 0 aliphatic heterocycles. The van der Waals surface area contributed by atoms with Crippen LogP contribution in [-0.4, -0.2) is 33.8 Å². The topological polar surface area (TPSA) is 102 Å². The Morgan fingerprint density at radius 3 is 2.50 bits per heavy atom. The molecule has 0 unspecified atom stereocenters. The predicted octanol–water partition coefficient (Wildman–Crippen LogP) is 2.74. The summed E-state index contributed by atoms with van der Waals surface area (Å²) in [5.74, 6) is -1.90. The molecule has 1 aromatic carbocycles. The molecular formula is C21H17F4N3O6. The molecule has 3 rings (SSSR count). The first-order valence-corrected chi connectivity index (χ1v) is 9.47. The summed E-state index contributed by atoms with van der Waals surface area (Å²) in [7, 11) is 1.98. The number of hydrogen-bond acceptors (Lipinski definition) is 7. The zero-order valence-corrected chi connectivity index (χ0v) is 18.0. The number of carbonyl (C=O) groups excluding carboxylic acids is 1. The van der Waals surface area contributed by atoms with Crippen LogP contribution >= 0.6 is 0 Å². The molecule has 9 nitrogen and oxygen atoms in total. The van der Waals surface area contributed by atoms with Gasteiger partial charge in [-0.2, -0.15) is 13.2 Å². The van der Waals surface area contributed by atoms with Gasteiger partial charge in [-0.3, -0.25) is 9.36 Å². The highest BCUT2D eigenvalue weighted by atomic mass is 19.4. The molecule has 0 aliphatic carbocycles. The van der Waals surface area contributed by atoms with Crippen molar-refractivity contribution in [3.8, 4) is 23.1 Å². The number of benzene rings is 1. The van der Waals surface area contributed by atoms with Crippen LogP contribution in [0.15, 0.2) is 46.1 Å². The van der Waals surface area contributed by atoms with Gasteiger partial charge in [-0.15, -0.1) is 0 Å². The monoisotopic (exact) mass is 483 g/mol. The Morgan fingerprint density at radius 1 is 1.15 bits per heavy atom. The van der Waals surface area contributed by atoms with Crippen LogP contribution < -0.4 is 20.7 Å². The van der Waals surface area contributed by atoms with Gasteiger partial charge in [-0.05, 0) is 30.7 Å². The number of carbonyl (C=O) groups is 1. The zero-order valence-electron chi connectivity index (χ0n) is 18.0. The maximum absolute atomic E-state index is 14.7. The second kappa shape index (κ2) is 9.37. The first kappa shape index (κ1) is 24.5. The average molecular weight is 483 g/mol. The smallest absolute Gasteiger partial charge is 0.431 e. The van der Waals surface area contributed by atoms with E-state index in [-0.39, 0.29) is 38.1 Å². The van der Waals surface area contributed by atoms with Gasteiger partial charge in [-0.1, -0.05) is 0 Å². The summed E-state index contributed by atoms with van der Waals surface area (Å²) in [4.78, 5) is 40.2. The lowest BCUT2D eigenvalue weighted by molar-refractivity contribution is -0.144. The lowest BCUT2D eigenvalue weighted by atomic mass is 10.2. The minimum Gasteiger partial charge on any atom is -0.466 e. The van der Waals surface area contributed by atoms with E-state index < -0.39 is 47.2 Å². The van der Waals surface area contributed by atoms with E-state index in [4.69, 9.17) is 9.47 Å². The van der Waals surface area contributed by atoms with Crippen LogP contribution in [0.2, 0.25) is 0 Å². The van der Waals surface area contributed by atoms with Gasteiger partial charge in [0.15, 0.2) is 12.4 Å². The number of esters is 1. The molecule has 2 aromatic heterocycles. The van der Waals surface area contributed by atoms with E-state index >= 15 is 0 Å². The molecule has 0 amide bonds. The Hall–Kier alpha value is -4.16. The van der Waals surface area contributed by atoms with Gasteiger partial charge in [0.05, 0.1) is 12.8 Å². The lowest BCUT2D eigenvalue weighted by Crippen LogP contribution is -2.41. The summed E-state index contributed by atoms with van der Waals surface area (Å²) >= 11 is 0. The van der Waals surface area contributed by atoms with Crippen molar-refractivity contribution in [3.05, 3.63) is 74.4 Å². The number of ether oxygens (including phenoxy) is 3. The first-order chi connectivity index (χ1) is 15.9. The molecule has 0 spiro atoms. The van der Waals surface area contributed by atoms with Crippen molar-refractivity contribution in [1.82, 2.24) is 14.1 Å². The second-order valence-electron chi connectivity index (χ2n) is 6.89. The van der Waals surface area contributed by atoms with Gasteiger partial charge in [-0.25, -0.2) is 23.5 Å². The van der Waals surface area contributed by atoms with Gasteiger partial charge in [0.2, 0.25) is 0 Å². The fourth-order valence-corrected chi connectivity index (χ4v) is 2.91. The first-order valence-electron chi connectivity index (χ1n) is 9.47. The highest BCUT2D eigenvalue weighted by Crippen LogP contribution is 2.33. The van der Waals surface area contributed by atoms with Crippen LogP contribution in [0.1, 0.15) is 11.3 Å². The molecule has 0 bridgehead atoms. The maximum Gasteiger partial charge on any atom is 0.431 e. The summed E-state index contributed by atoms with van der Waals surface area (Å²) in [6, 6.07) is 5.03. The maximum atomic E-state index is 14.7. The normalized spacial score (nSPS) is 11.3. The largest absolute Gasteiger partial charge is 0.466 e. The molecule has 3 aromatic rings. The molecule has 13 heteroatoms. The number of pyridine rings is 1. The lowest BCUT2D eigenvalue weighted by Gasteiger charge is -2.16. The molecule has 180 valence electrons. The minimum atomic E-state index is -4.97. The van der Waals surface area contributed by atoms with Crippen molar-refractivity contribution >= 4 is 5.97 Å². The van der Waals surface area contributed by atoms with Gasteiger partial charge >= 0.3 is 17.8 Å². The molecule has 0 aliphatic rings. The van der Waals surface area contributed by atoms with Crippen molar-refractivity contribution in [1.29, 1.82) is 0 Å². The number of aryl methyl sites for hydroxylation is 1. The Labute approximate surface area is 188 Å². The summed E-state index contributed by atoms with van der Waals surface area (Å²) in [5.41, 5.74) is -4.67. The number of aromatic nitrogens is 3. The second-order valence-corrected chi connectivity index (χ2v) is 6.89. The number of nitrogens with zero attached hydrogens (tertiary/aromatic N) is 3. The Bertz CT molecular complexity index is 1360. The molecule has 2 heterocycles. The summed E-state index contributed by atoms with van der Waals surface area (Å²) in [6.45, 7) is 0.982. The molecule has 0 saturated carbocycles. The predicted molar refractivity (Wildman–Crippen MR) is 109 cm³/mol. The van der Waals surface area contributed by atoms with E-state index in [1.807, 2.05) is 0 Å². The van der Waals surface area contributed by atoms with Crippen LogP contribution in [0.4, 0.5) is 17.6 Å². The standard InChI is InChI=1S/C21H17F4N3O6/c1-11-7-12(22)13(28-17(29)9-16(21(23,24)25)27(2)20(28)31)8-15(11)34-14-5-4-6-26-19(14)33-10-18(30)32-3/h4-9H,10H2,1-3H3. The third kappa shape index (κ3) is 4.92. The van der Waals surface area contributed by atoms with Gasteiger partial charge in [0, 0.05) is 25.4 Å². The molecule has 34 heavy (non-hydrogen) atoms.